The van der Waals surface area contributed by atoms with Crippen LogP contribution in [0.15, 0.2) is 18.3 Å². The third kappa shape index (κ3) is 5.66. The molecule has 0 radical (unpaired) electrons. The maximum Gasteiger partial charge on any atom is 0.250 e. The molecule has 116 valence electrons. The largest absolute Gasteiger partial charge is 0.476 e. The molecule has 0 bridgehead atoms. The number of carbonyl (C=O) groups is 1. The fraction of sp³-hybridized carbons (Fsp3) is 0.571. The maximum atomic E-state index is 11.3. The molecular weight excluding hydrogens is 274 g/mol. The van der Waals surface area contributed by atoms with Gasteiger partial charge in [0, 0.05) is 32.8 Å². The average Bonchev–Trinajstić information content (AvgIpc) is 2.50. The fourth-order valence-corrected chi connectivity index (χ4v) is 1.97. The van der Waals surface area contributed by atoms with E-state index in [9.17, 15) is 4.79 Å². The van der Waals surface area contributed by atoms with Gasteiger partial charge in [0.2, 0.25) is 11.8 Å². The van der Waals surface area contributed by atoms with Crippen molar-refractivity contribution in [3.8, 4) is 5.88 Å². The van der Waals surface area contributed by atoms with Crippen LogP contribution in [0.25, 0.3) is 0 Å². The molecule has 0 unspecified atom stereocenters. The van der Waals surface area contributed by atoms with E-state index in [1.54, 1.807) is 18.3 Å². The van der Waals surface area contributed by atoms with Gasteiger partial charge in [-0.25, -0.2) is 4.98 Å². The first-order valence-corrected chi connectivity index (χ1v) is 6.95. The van der Waals surface area contributed by atoms with Crippen LogP contribution in [-0.2, 0) is 14.3 Å². The Bertz CT molecular complexity index is 432. The molecule has 1 aromatic heterocycles. The summed E-state index contributed by atoms with van der Waals surface area (Å²) in [5.41, 5.74) is 0.623. The summed E-state index contributed by atoms with van der Waals surface area (Å²) in [4.78, 5) is 17.8. The van der Waals surface area contributed by atoms with Crippen LogP contribution in [0.3, 0.4) is 0 Å². The minimum Gasteiger partial charge on any atom is -0.476 e. The first-order valence-electron chi connectivity index (χ1n) is 6.95. The number of nitrogens with zero attached hydrogens (tertiary/aromatic N) is 2. The molecule has 1 amide bonds. The normalized spacial score (nSPS) is 15.7. The van der Waals surface area contributed by atoms with E-state index in [4.69, 9.17) is 14.2 Å². The van der Waals surface area contributed by atoms with Crippen LogP contribution in [-0.4, -0.2) is 69.0 Å². The summed E-state index contributed by atoms with van der Waals surface area (Å²) in [6, 6.07) is 3.49. The van der Waals surface area contributed by atoms with Crippen molar-refractivity contribution >= 4 is 11.6 Å². The lowest BCUT2D eigenvalue weighted by Crippen LogP contribution is -2.38. The first-order chi connectivity index (χ1) is 10.3. The smallest absolute Gasteiger partial charge is 0.250 e. The number of rotatable bonds is 7. The van der Waals surface area contributed by atoms with E-state index in [0.29, 0.717) is 18.2 Å². The van der Waals surface area contributed by atoms with E-state index in [1.807, 2.05) is 0 Å². The zero-order valence-electron chi connectivity index (χ0n) is 12.2. The molecule has 2 heterocycles. The highest BCUT2D eigenvalue weighted by Gasteiger charge is 2.10. The average molecular weight is 295 g/mol. The van der Waals surface area contributed by atoms with Crippen molar-refractivity contribution in [3.63, 3.8) is 0 Å². The van der Waals surface area contributed by atoms with Crippen molar-refractivity contribution in [1.82, 2.24) is 9.88 Å². The van der Waals surface area contributed by atoms with E-state index < -0.39 is 0 Å². The molecule has 7 heteroatoms. The Labute approximate surface area is 124 Å². The van der Waals surface area contributed by atoms with Crippen molar-refractivity contribution in [2.45, 2.75) is 0 Å². The summed E-state index contributed by atoms with van der Waals surface area (Å²) < 4.78 is 15.6. The summed E-state index contributed by atoms with van der Waals surface area (Å²) in [6.07, 6.45) is 1.57. The van der Waals surface area contributed by atoms with Gasteiger partial charge in [-0.1, -0.05) is 0 Å². The topological polar surface area (TPSA) is 72.9 Å². The first kappa shape index (κ1) is 15.7. The van der Waals surface area contributed by atoms with E-state index in [2.05, 4.69) is 15.2 Å². The highest BCUT2D eigenvalue weighted by atomic mass is 16.5. The molecule has 1 saturated heterocycles. The number of ether oxygens (including phenoxy) is 3. The number of hydrogen-bond acceptors (Lipinski definition) is 6. The molecule has 7 nitrogen and oxygen atoms in total. The zero-order chi connectivity index (χ0) is 14.9. The lowest BCUT2D eigenvalue weighted by atomic mass is 10.4. The van der Waals surface area contributed by atoms with Gasteiger partial charge in [-0.05, 0) is 6.07 Å². The predicted octanol–water partition coefficient (Wildman–Crippen LogP) is 0.377. The van der Waals surface area contributed by atoms with Crippen molar-refractivity contribution < 1.29 is 19.0 Å². The Balaban J connectivity index is 1.70. The second kappa shape index (κ2) is 8.56. The summed E-state index contributed by atoms with van der Waals surface area (Å²) in [5, 5.41) is 2.67. The van der Waals surface area contributed by atoms with E-state index in [0.717, 1.165) is 32.8 Å². The summed E-state index contributed by atoms with van der Waals surface area (Å²) >= 11 is 0. The minimum absolute atomic E-state index is 0.0256. The van der Waals surface area contributed by atoms with Crippen LogP contribution in [0.2, 0.25) is 0 Å². The van der Waals surface area contributed by atoms with Crippen molar-refractivity contribution in [1.29, 1.82) is 0 Å². The van der Waals surface area contributed by atoms with Gasteiger partial charge in [0.05, 0.1) is 25.1 Å². The Hall–Kier alpha value is -1.70. The second-order valence-electron chi connectivity index (χ2n) is 4.67. The van der Waals surface area contributed by atoms with Crippen molar-refractivity contribution in [3.05, 3.63) is 18.3 Å². The molecule has 2 rings (SSSR count). The van der Waals surface area contributed by atoms with Crippen LogP contribution in [0.1, 0.15) is 0 Å². The van der Waals surface area contributed by atoms with Gasteiger partial charge in [0.15, 0.2) is 0 Å². The highest BCUT2D eigenvalue weighted by Crippen LogP contribution is 2.11. The van der Waals surface area contributed by atoms with Crippen LogP contribution in [0, 0.1) is 0 Å². The molecule has 21 heavy (non-hydrogen) atoms. The van der Waals surface area contributed by atoms with Crippen LogP contribution < -0.4 is 10.1 Å². The number of carbonyl (C=O) groups excluding carboxylic acids is 1. The van der Waals surface area contributed by atoms with Gasteiger partial charge < -0.3 is 19.5 Å². The molecule has 0 saturated carbocycles. The highest BCUT2D eigenvalue weighted by molar-refractivity contribution is 5.91. The molecule has 1 aliphatic rings. The molecule has 0 spiro atoms. The summed E-state index contributed by atoms with van der Waals surface area (Å²) in [7, 11) is 1.48. The molecule has 1 N–H and O–H groups in total. The third-order valence-corrected chi connectivity index (χ3v) is 3.06. The molecule has 1 aromatic rings. The lowest BCUT2D eigenvalue weighted by molar-refractivity contribution is -0.119. The number of nitrogens with one attached hydrogen (secondary N) is 1. The number of morpholine rings is 1. The van der Waals surface area contributed by atoms with Gasteiger partial charge in [-0.2, -0.15) is 0 Å². The Morgan fingerprint density at radius 2 is 2.24 bits per heavy atom. The molecule has 0 aliphatic carbocycles. The number of pyridine rings is 1. The van der Waals surface area contributed by atoms with Crippen molar-refractivity contribution in [2.24, 2.45) is 0 Å². The zero-order valence-corrected chi connectivity index (χ0v) is 12.2. The summed E-state index contributed by atoms with van der Waals surface area (Å²) in [6.45, 7) is 4.93. The van der Waals surface area contributed by atoms with Crippen LogP contribution in [0.5, 0.6) is 5.88 Å². The molecule has 1 aliphatic heterocycles. The Morgan fingerprint density at radius 3 is 2.90 bits per heavy atom. The Kier molecular flexibility index (Phi) is 6.39. The van der Waals surface area contributed by atoms with Crippen LogP contribution in [0.4, 0.5) is 5.69 Å². The van der Waals surface area contributed by atoms with Crippen molar-refractivity contribution in [2.75, 3.05) is 58.5 Å². The number of hydrogen-bond donors (Lipinski definition) is 1. The number of aromatic nitrogens is 1. The SMILES string of the molecule is COCC(=O)Nc1ccc(OCCN2CCOCC2)nc1. The van der Waals surface area contributed by atoms with E-state index in [1.165, 1.54) is 7.11 Å². The summed E-state index contributed by atoms with van der Waals surface area (Å²) in [5.74, 6) is 0.341. The second-order valence-corrected chi connectivity index (χ2v) is 4.67. The minimum atomic E-state index is -0.208. The number of anilines is 1. The molecule has 0 atom stereocenters. The molecule has 0 aromatic carbocycles. The quantitative estimate of drug-likeness (QED) is 0.784. The number of amides is 1. The van der Waals surface area contributed by atoms with Gasteiger partial charge in [0.25, 0.3) is 0 Å². The predicted molar refractivity (Wildman–Crippen MR) is 77.5 cm³/mol. The molecular formula is C14H21N3O4. The van der Waals surface area contributed by atoms with Gasteiger partial charge in [0.1, 0.15) is 13.2 Å². The van der Waals surface area contributed by atoms with Gasteiger partial charge in [-0.3, -0.25) is 9.69 Å². The fourth-order valence-electron chi connectivity index (χ4n) is 1.97. The van der Waals surface area contributed by atoms with Gasteiger partial charge >= 0.3 is 0 Å². The van der Waals surface area contributed by atoms with E-state index >= 15 is 0 Å². The Morgan fingerprint density at radius 1 is 1.43 bits per heavy atom. The maximum absolute atomic E-state index is 11.3. The third-order valence-electron chi connectivity index (χ3n) is 3.06. The van der Waals surface area contributed by atoms with E-state index in [-0.39, 0.29) is 12.5 Å². The standard InChI is InChI=1S/C14H21N3O4/c1-19-11-13(18)16-12-2-3-14(15-10-12)21-9-6-17-4-7-20-8-5-17/h2-3,10H,4-9,11H2,1H3,(H,16,18). The van der Waals surface area contributed by atoms with Crippen LogP contribution >= 0.6 is 0 Å². The van der Waals surface area contributed by atoms with Gasteiger partial charge in [-0.15, -0.1) is 0 Å². The molecule has 1 fully saturated rings. The monoisotopic (exact) mass is 295 g/mol. The number of methoxy groups -OCH3 is 1. The lowest BCUT2D eigenvalue weighted by Gasteiger charge is -2.26.